The Balaban J connectivity index is 1.86. The number of nitrogens with one attached hydrogen (secondary N) is 1. The van der Waals surface area contributed by atoms with Crippen LogP contribution in [0.15, 0.2) is 17.8 Å². The van der Waals surface area contributed by atoms with E-state index in [4.69, 9.17) is 0 Å². The van der Waals surface area contributed by atoms with Crippen LogP contribution < -0.4 is 10.2 Å². The number of amides is 3. The second kappa shape index (κ2) is 7.19. The lowest BCUT2D eigenvalue weighted by Crippen LogP contribution is -2.36. The summed E-state index contributed by atoms with van der Waals surface area (Å²) < 4.78 is 4.52. The van der Waals surface area contributed by atoms with Gasteiger partial charge in [-0.1, -0.05) is 6.07 Å². The Bertz CT molecular complexity index is 794. The summed E-state index contributed by atoms with van der Waals surface area (Å²) in [6.45, 7) is 5.82. The molecule has 0 atom stereocenters. The Labute approximate surface area is 152 Å². The number of hydrogen-bond donors (Lipinski definition) is 1. The molecular weight excluding hydrogens is 334 g/mol. The topological polar surface area (TPSA) is 79.0 Å². The largest absolute Gasteiger partial charge is 0.468 e. The number of carbonyl (C=O) groups is 3. The van der Waals surface area contributed by atoms with Crippen LogP contribution in [0.25, 0.3) is 6.08 Å². The molecule has 0 aliphatic carbocycles. The second-order valence-electron chi connectivity index (χ2n) is 6.57. The predicted molar refractivity (Wildman–Crippen MR) is 97.6 cm³/mol. The van der Waals surface area contributed by atoms with Crippen molar-refractivity contribution in [1.82, 2.24) is 10.2 Å². The van der Waals surface area contributed by atoms with E-state index >= 15 is 0 Å². The maximum absolute atomic E-state index is 12.4. The third kappa shape index (κ3) is 3.29. The fourth-order valence-corrected chi connectivity index (χ4v) is 3.35. The minimum Gasteiger partial charge on any atom is -0.468 e. The summed E-state index contributed by atoms with van der Waals surface area (Å²) in [4.78, 5) is 38.9. The fourth-order valence-electron chi connectivity index (χ4n) is 3.35. The van der Waals surface area contributed by atoms with Crippen molar-refractivity contribution < 1.29 is 19.1 Å². The Morgan fingerprint density at radius 1 is 1.19 bits per heavy atom. The van der Waals surface area contributed by atoms with Gasteiger partial charge in [0.1, 0.15) is 12.2 Å². The summed E-state index contributed by atoms with van der Waals surface area (Å²) in [5.74, 6) is -1.17. The van der Waals surface area contributed by atoms with Gasteiger partial charge in [-0.05, 0) is 55.5 Å². The Kier molecular flexibility index (Phi) is 4.97. The average Bonchev–Trinajstić information content (AvgIpc) is 3.23. The minimum absolute atomic E-state index is 0.162. The standard InChI is InChI=1S/C19H23N3O4/c1-12-13(2)16(21-8-4-5-9-21)7-6-14(12)10-15-18(24)22(19(25)20-15)11-17(23)26-3/h6-7,10H,4-5,8-9,11H2,1-3H3,(H,20,25). The molecule has 1 aromatic rings. The van der Waals surface area contributed by atoms with Crippen LogP contribution in [0.1, 0.15) is 29.5 Å². The molecule has 2 saturated heterocycles. The van der Waals surface area contributed by atoms with Crippen LogP contribution in [0.4, 0.5) is 10.5 Å². The van der Waals surface area contributed by atoms with Crippen LogP contribution in [0.3, 0.4) is 0 Å². The van der Waals surface area contributed by atoms with Gasteiger partial charge >= 0.3 is 12.0 Å². The molecule has 1 N–H and O–H groups in total. The molecular formula is C19H23N3O4. The molecule has 0 bridgehead atoms. The third-order valence-electron chi connectivity index (χ3n) is 5.02. The number of imide groups is 1. The number of carbonyl (C=O) groups excluding carboxylic acids is 3. The molecule has 2 aliphatic rings. The normalized spacial score (nSPS) is 18.7. The highest BCUT2D eigenvalue weighted by Gasteiger charge is 2.35. The molecule has 7 nitrogen and oxygen atoms in total. The van der Waals surface area contributed by atoms with Crippen LogP contribution in [-0.4, -0.2) is 49.6 Å². The number of esters is 1. The van der Waals surface area contributed by atoms with Crippen molar-refractivity contribution >= 4 is 29.7 Å². The first-order valence-corrected chi connectivity index (χ1v) is 8.69. The van der Waals surface area contributed by atoms with Crippen LogP contribution in [0, 0.1) is 13.8 Å². The van der Waals surface area contributed by atoms with Gasteiger partial charge in [0.25, 0.3) is 5.91 Å². The number of hydrogen-bond acceptors (Lipinski definition) is 5. The van der Waals surface area contributed by atoms with Crippen molar-refractivity contribution in [1.29, 1.82) is 0 Å². The summed E-state index contributed by atoms with van der Waals surface area (Å²) in [6, 6.07) is 3.41. The van der Waals surface area contributed by atoms with Gasteiger partial charge in [-0.3, -0.25) is 9.59 Å². The van der Waals surface area contributed by atoms with E-state index < -0.39 is 24.5 Å². The van der Waals surface area contributed by atoms with Gasteiger partial charge in [0.2, 0.25) is 0 Å². The molecule has 26 heavy (non-hydrogen) atoms. The molecule has 2 heterocycles. The van der Waals surface area contributed by atoms with E-state index in [2.05, 4.69) is 27.9 Å². The van der Waals surface area contributed by atoms with Gasteiger partial charge in [-0.2, -0.15) is 0 Å². The molecule has 2 aliphatic heterocycles. The SMILES string of the molecule is COC(=O)CN1C(=O)NC(=Cc2ccc(N3CCCC3)c(C)c2C)C1=O. The number of ether oxygens (including phenoxy) is 1. The van der Waals surface area contributed by atoms with Crippen LogP contribution in [0.2, 0.25) is 0 Å². The lowest BCUT2D eigenvalue weighted by atomic mass is 10.00. The lowest BCUT2D eigenvalue weighted by molar-refractivity contribution is -0.143. The van der Waals surface area contributed by atoms with E-state index in [9.17, 15) is 14.4 Å². The molecule has 0 unspecified atom stereocenters. The third-order valence-corrected chi connectivity index (χ3v) is 5.02. The van der Waals surface area contributed by atoms with Gasteiger partial charge in [-0.15, -0.1) is 0 Å². The smallest absolute Gasteiger partial charge is 0.329 e. The Hall–Kier alpha value is -2.83. The summed E-state index contributed by atoms with van der Waals surface area (Å²) in [7, 11) is 1.21. The Morgan fingerprint density at radius 3 is 2.54 bits per heavy atom. The van der Waals surface area contributed by atoms with E-state index in [0.29, 0.717) is 0 Å². The molecule has 0 spiro atoms. The van der Waals surface area contributed by atoms with Crippen LogP contribution in [0.5, 0.6) is 0 Å². The lowest BCUT2D eigenvalue weighted by Gasteiger charge is -2.22. The van der Waals surface area contributed by atoms with Crippen molar-refractivity contribution in [3.05, 3.63) is 34.5 Å². The molecule has 138 valence electrons. The molecule has 3 amide bonds. The van der Waals surface area contributed by atoms with Crippen molar-refractivity contribution in [2.75, 3.05) is 31.6 Å². The van der Waals surface area contributed by atoms with Crippen molar-refractivity contribution in [2.45, 2.75) is 26.7 Å². The van der Waals surface area contributed by atoms with Crippen LogP contribution >= 0.6 is 0 Å². The maximum atomic E-state index is 12.4. The average molecular weight is 357 g/mol. The van der Waals surface area contributed by atoms with Crippen molar-refractivity contribution in [2.24, 2.45) is 0 Å². The van der Waals surface area contributed by atoms with E-state index in [-0.39, 0.29) is 5.70 Å². The summed E-state index contributed by atoms with van der Waals surface area (Å²) in [5.41, 5.74) is 4.49. The van der Waals surface area contributed by atoms with Crippen molar-refractivity contribution in [3.63, 3.8) is 0 Å². The zero-order chi connectivity index (χ0) is 18.8. The summed E-state index contributed by atoms with van der Waals surface area (Å²) in [5, 5.41) is 2.53. The number of nitrogens with zero attached hydrogens (tertiary/aromatic N) is 2. The molecule has 0 saturated carbocycles. The highest BCUT2D eigenvalue weighted by molar-refractivity contribution is 6.15. The molecule has 0 aromatic heterocycles. The number of rotatable bonds is 4. The minimum atomic E-state index is -0.642. The number of anilines is 1. The molecule has 2 fully saturated rings. The number of benzene rings is 1. The van der Waals surface area contributed by atoms with Crippen LogP contribution in [-0.2, 0) is 14.3 Å². The predicted octanol–water partition coefficient (Wildman–Crippen LogP) is 1.97. The zero-order valence-corrected chi connectivity index (χ0v) is 15.3. The highest BCUT2D eigenvalue weighted by atomic mass is 16.5. The van der Waals surface area contributed by atoms with E-state index in [1.807, 2.05) is 13.0 Å². The van der Waals surface area contributed by atoms with Crippen molar-refractivity contribution in [3.8, 4) is 0 Å². The van der Waals surface area contributed by atoms with Gasteiger partial charge in [0.15, 0.2) is 0 Å². The first-order chi connectivity index (χ1) is 12.4. The fraction of sp³-hybridized carbons (Fsp3) is 0.421. The maximum Gasteiger partial charge on any atom is 0.329 e. The molecule has 3 rings (SSSR count). The second-order valence-corrected chi connectivity index (χ2v) is 6.57. The summed E-state index contributed by atoms with van der Waals surface area (Å²) >= 11 is 0. The van der Waals surface area contributed by atoms with Gasteiger partial charge in [0, 0.05) is 18.8 Å². The van der Waals surface area contributed by atoms with E-state index in [1.54, 1.807) is 6.08 Å². The molecule has 7 heteroatoms. The quantitative estimate of drug-likeness (QED) is 0.506. The summed E-state index contributed by atoms with van der Waals surface area (Å²) in [6.07, 6.45) is 4.08. The number of methoxy groups -OCH3 is 1. The first kappa shape index (κ1) is 18.0. The van der Waals surface area contributed by atoms with Gasteiger partial charge in [0.05, 0.1) is 7.11 Å². The first-order valence-electron chi connectivity index (χ1n) is 8.69. The Morgan fingerprint density at radius 2 is 1.88 bits per heavy atom. The van der Waals surface area contributed by atoms with Gasteiger partial charge in [-0.25, -0.2) is 9.69 Å². The molecule has 0 radical (unpaired) electrons. The highest BCUT2D eigenvalue weighted by Crippen LogP contribution is 2.29. The monoisotopic (exact) mass is 357 g/mol. The van der Waals surface area contributed by atoms with E-state index in [0.717, 1.165) is 29.1 Å². The molecule has 1 aromatic carbocycles. The zero-order valence-electron chi connectivity index (χ0n) is 15.3. The van der Waals surface area contributed by atoms with E-state index in [1.165, 1.54) is 31.2 Å². The number of urea groups is 1. The van der Waals surface area contributed by atoms with Gasteiger partial charge < -0.3 is 15.0 Å².